The van der Waals surface area contributed by atoms with Crippen molar-refractivity contribution in [1.82, 2.24) is 0 Å². The quantitative estimate of drug-likeness (QED) is 0.669. The second-order valence-corrected chi connectivity index (χ2v) is 2.75. The highest BCUT2D eigenvalue weighted by Crippen LogP contribution is 2.12. The van der Waals surface area contributed by atoms with E-state index in [-0.39, 0.29) is 0 Å². The number of hydrogen-bond acceptors (Lipinski definition) is 3. The summed E-state index contributed by atoms with van der Waals surface area (Å²) in [6.07, 6.45) is 0.431. The van der Waals surface area contributed by atoms with E-state index in [2.05, 4.69) is 18.2 Å². The van der Waals surface area contributed by atoms with Crippen LogP contribution in [0.3, 0.4) is 0 Å². The first kappa shape index (κ1) is 10.1. The van der Waals surface area contributed by atoms with Gasteiger partial charge in [-0.3, -0.25) is 0 Å². The van der Waals surface area contributed by atoms with Gasteiger partial charge in [0.2, 0.25) is 0 Å². The molecule has 1 aromatic carbocycles. The Morgan fingerprint density at radius 1 is 1.21 bits per heavy atom. The minimum absolute atomic E-state index is 0.311. The zero-order valence-corrected chi connectivity index (χ0v) is 7.77. The topological polar surface area (TPSA) is 50.8 Å². The number of hydrogen-bond donors (Lipinski definition) is 0. The van der Waals surface area contributed by atoms with E-state index < -0.39 is 0 Å². The summed E-state index contributed by atoms with van der Waals surface area (Å²) >= 11 is 0. The van der Waals surface area contributed by atoms with Gasteiger partial charge in [-0.2, -0.15) is 10.5 Å². The van der Waals surface area contributed by atoms with E-state index in [4.69, 9.17) is 10.5 Å². The second kappa shape index (κ2) is 5.61. The number of nitriles is 2. The summed E-state index contributed by atoms with van der Waals surface area (Å²) in [5.41, 5.74) is 0.959. The lowest BCUT2D eigenvalue weighted by Gasteiger charge is -2.19. The van der Waals surface area contributed by atoms with Gasteiger partial charge in [0.05, 0.1) is 18.6 Å². The van der Waals surface area contributed by atoms with Crippen molar-refractivity contribution in [3.8, 4) is 12.1 Å². The predicted octanol–water partition coefficient (Wildman–Crippen LogP) is 1.73. The second-order valence-electron chi connectivity index (χ2n) is 2.75. The largest absolute Gasteiger partial charge is 0.357 e. The van der Waals surface area contributed by atoms with Gasteiger partial charge in [-0.1, -0.05) is 12.1 Å². The molecule has 0 heterocycles. The van der Waals surface area contributed by atoms with Crippen LogP contribution in [-0.2, 0) is 0 Å². The fourth-order valence-corrected chi connectivity index (χ4v) is 1.16. The molecule has 0 fully saturated rings. The Labute approximate surface area is 83.8 Å². The standard InChI is InChI=1S/C11H10N3/c12-7-4-9-14(10-8-13)11-5-2-1-3-6-11/h2-3,5-6H,4,9-10H2. The van der Waals surface area contributed by atoms with Gasteiger partial charge in [-0.05, 0) is 18.2 Å². The third-order valence-electron chi connectivity index (χ3n) is 1.82. The first-order valence-electron chi connectivity index (χ1n) is 4.33. The molecule has 3 heteroatoms. The summed E-state index contributed by atoms with van der Waals surface area (Å²) in [5.74, 6) is 0. The summed E-state index contributed by atoms with van der Waals surface area (Å²) in [6.45, 7) is 0.903. The van der Waals surface area contributed by atoms with Gasteiger partial charge in [0.25, 0.3) is 0 Å². The van der Waals surface area contributed by atoms with E-state index >= 15 is 0 Å². The summed E-state index contributed by atoms with van der Waals surface area (Å²) < 4.78 is 0. The van der Waals surface area contributed by atoms with Crippen LogP contribution < -0.4 is 4.90 Å². The minimum Gasteiger partial charge on any atom is -0.357 e. The summed E-state index contributed by atoms with van der Waals surface area (Å²) in [6, 6.07) is 14.4. The highest BCUT2D eigenvalue weighted by molar-refractivity contribution is 5.46. The van der Waals surface area contributed by atoms with Crippen molar-refractivity contribution in [3.63, 3.8) is 0 Å². The monoisotopic (exact) mass is 184 g/mol. The lowest BCUT2D eigenvalue weighted by Crippen LogP contribution is -2.24. The van der Waals surface area contributed by atoms with Gasteiger partial charge in [-0.15, -0.1) is 0 Å². The molecular weight excluding hydrogens is 174 g/mol. The lowest BCUT2D eigenvalue weighted by molar-refractivity contribution is 0.862. The van der Waals surface area contributed by atoms with E-state index in [0.717, 1.165) is 5.69 Å². The molecule has 0 saturated heterocycles. The van der Waals surface area contributed by atoms with Crippen molar-refractivity contribution in [2.75, 3.05) is 18.0 Å². The van der Waals surface area contributed by atoms with Crippen molar-refractivity contribution >= 4 is 5.69 Å². The molecule has 1 aromatic rings. The molecule has 1 radical (unpaired) electrons. The molecule has 0 unspecified atom stereocenters. The van der Waals surface area contributed by atoms with Crippen LogP contribution in [0.1, 0.15) is 6.42 Å². The van der Waals surface area contributed by atoms with Crippen LogP contribution in [0, 0.1) is 28.7 Å². The Kier molecular flexibility index (Phi) is 4.04. The molecule has 3 nitrogen and oxygen atoms in total. The molecule has 14 heavy (non-hydrogen) atoms. The molecule has 0 aliphatic carbocycles. The van der Waals surface area contributed by atoms with Gasteiger partial charge < -0.3 is 4.90 Å². The summed E-state index contributed by atoms with van der Waals surface area (Å²) in [4.78, 5) is 1.87. The summed E-state index contributed by atoms with van der Waals surface area (Å²) in [7, 11) is 0. The smallest absolute Gasteiger partial charge is 0.105 e. The molecule has 0 N–H and O–H groups in total. The molecule has 0 spiro atoms. The molecule has 0 saturated carbocycles. The van der Waals surface area contributed by atoms with Crippen LogP contribution in [0.2, 0.25) is 0 Å². The first-order chi connectivity index (χ1) is 6.88. The third kappa shape index (κ3) is 2.80. The molecule has 0 aliphatic heterocycles. The molecule has 69 valence electrons. The zero-order chi connectivity index (χ0) is 10.2. The van der Waals surface area contributed by atoms with Gasteiger partial charge in [-0.25, -0.2) is 0 Å². The molecule has 0 aromatic heterocycles. The fourth-order valence-electron chi connectivity index (χ4n) is 1.16. The Balaban J connectivity index is 2.69. The molecule has 0 amide bonds. The highest BCUT2D eigenvalue weighted by Gasteiger charge is 2.03. The SMILES string of the molecule is N#CCCN(CC#N)c1cc[c]cc1. The summed E-state index contributed by atoms with van der Waals surface area (Å²) in [5, 5.41) is 17.1. The lowest BCUT2D eigenvalue weighted by atomic mass is 10.2. The molecule has 0 aliphatic rings. The van der Waals surface area contributed by atoms with Crippen LogP contribution in [0.25, 0.3) is 0 Å². The highest BCUT2D eigenvalue weighted by atomic mass is 15.1. The first-order valence-corrected chi connectivity index (χ1v) is 4.33. The normalized spacial score (nSPS) is 8.71. The van der Waals surface area contributed by atoms with E-state index in [1.807, 2.05) is 17.0 Å². The van der Waals surface area contributed by atoms with Crippen molar-refractivity contribution in [2.45, 2.75) is 6.42 Å². The number of benzene rings is 1. The number of rotatable bonds is 4. The Morgan fingerprint density at radius 2 is 1.93 bits per heavy atom. The predicted molar refractivity (Wildman–Crippen MR) is 53.3 cm³/mol. The molecular formula is C11H10N3. The molecule has 0 bridgehead atoms. The minimum atomic E-state index is 0.311. The third-order valence-corrected chi connectivity index (χ3v) is 1.82. The van der Waals surface area contributed by atoms with E-state index in [1.165, 1.54) is 0 Å². The van der Waals surface area contributed by atoms with Crippen LogP contribution in [0.4, 0.5) is 5.69 Å². The van der Waals surface area contributed by atoms with E-state index in [9.17, 15) is 0 Å². The maximum absolute atomic E-state index is 8.61. The van der Waals surface area contributed by atoms with E-state index in [0.29, 0.717) is 19.5 Å². The van der Waals surface area contributed by atoms with E-state index in [1.54, 1.807) is 12.1 Å². The van der Waals surface area contributed by atoms with Gasteiger partial charge in [0.15, 0.2) is 0 Å². The zero-order valence-electron chi connectivity index (χ0n) is 7.77. The maximum Gasteiger partial charge on any atom is 0.105 e. The Morgan fingerprint density at radius 3 is 2.50 bits per heavy atom. The van der Waals surface area contributed by atoms with Crippen LogP contribution in [0.15, 0.2) is 24.3 Å². The van der Waals surface area contributed by atoms with Crippen molar-refractivity contribution in [2.24, 2.45) is 0 Å². The van der Waals surface area contributed by atoms with Crippen molar-refractivity contribution < 1.29 is 0 Å². The van der Waals surface area contributed by atoms with Crippen LogP contribution in [0.5, 0.6) is 0 Å². The van der Waals surface area contributed by atoms with Crippen molar-refractivity contribution in [1.29, 1.82) is 10.5 Å². The van der Waals surface area contributed by atoms with Crippen LogP contribution >= 0.6 is 0 Å². The van der Waals surface area contributed by atoms with Gasteiger partial charge in [0.1, 0.15) is 6.54 Å². The average Bonchev–Trinajstić information content (AvgIpc) is 2.25. The van der Waals surface area contributed by atoms with Gasteiger partial charge in [0, 0.05) is 12.2 Å². The Hall–Kier alpha value is -2.00. The van der Waals surface area contributed by atoms with Crippen LogP contribution in [-0.4, -0.2) is 13.1 Å². The Bertz CT molecular complexity index is 345. The molecule has 1 rings (SSSR count). The average molecular weight is 184 g/mol. The molecule has 0 atom stereocenters. The fraction of sp³-hybridized carbons (Fsp3) is 0.273. The maximum atomic E-state index is 8.61. The number of nitrogens with zero attached hydrogens (tertiary/aromatic N) is 3. The number of anilines is 1. The van der Waals surface area contributed by atoms with Gasteiger partial charge >= 0.3 is 0 Å². The van der Waals surface area contributed by atoms with Crippen molar-refractivity contribution in [3.05, 3.63) is 30.3 Å².